The molecule has 0 bridgehead atoms. The third-order valence-corrected chi connectivity index (χ3v) is 4.06. The van der Waals surface area contributed by atoms with E-state index in [-0.39, 0.29) is 35.1 Å². The van der Waals surface area contributed by atoms with Crippen LogP contribution in [-0.2, 0) is 9.47 Å². The average molecular weight is 385 g/mol. The van der Waals surface area contributed by atoms with Gasteiger partial charge in [0.15, 0.2) is 23.1 Å². The van der Waals surface area contributed by atoms with Crippen LogP contribution in [0.25, 0.3) is 0 Å². The van der Waals surface area contributed by atoms with Gasteiger partial charge >= 0.3 is 0 Å². The highest BCUT2D eigenvalue weighted by Gasteiger charge is 2.32. The summed E-state index contributed by atoms with van der Waals surface area (Å²) in [4.78, 5) is 23.8. The van der Waals surface area contributed by atoms with E-state index in [4.69, 9.17) is 25.8 Å². The van der Waals surface area contributed by atoms with Crippen molar-refractivity contribution < 1.29 is 34.0 Å². The first-order chi connectivity index (χ1) is 12.5. The Morgan fingerprint density at radius 2 is 1.42 bits per heavy atom. The highest BCUT2D eigenvalue weighted by Crippen LogP contribution is 2.47. The molecule has 0 heterocycles. The number of fused-ring (bicyclic) bond motifs is 1. The summed E-state index contributed by atoms with van der Waals surface area (Å²) in [5, 5.41) is 20.0. The number of ether oxygens (including phenoxy) is 3. The minimum absolute atomic E-state index is 0.0262. The van der Waals surface area contributed by atoms with Crippen LogP contribution < -0.4 is 4.74 Å². The van der Waals surface area contributed by atoms with Gasteiger partial charge in [-0.2, -0.15) is 0 Å². The molecule has 8 heteroatoms. The number of hydrogen-bond donors (Lipinski definition) is 2. The summed E-state index contributed by atoms with van der Waals surface area (Å²) in [5.74, 6) is -2.67. The Balaban J connectivity index is 1.95. The Bertz CT molecular complexity index is 712. The van der Waals surface area contributed by atoms with Crippen LogP contribution in [0.4, 0.5) is 0 Å². The first-order valence-corrected chi connectivity index (χ1v) is 8.69. The summed E-state index contributed by atoms with van der Waals surface area (Å²) in [5.41, 5.74) is -0.646. The number of phenolic OH excluding ortho intramolecular Hbond substituents is 2. The van der Waals surface area contributed by atoms with Crippen LogP contribution in [0.15, 0.2) is 12.2 Å². The molecule has 0 unspecified atom stereocenters. The number of halogens is 1. The molecule has 1 aliphatic carbocycles. The SMILES string of the molecule is CCCCOCCOCCOc1c(O)c2c(c(O)c1Cl)C(=O)C=CC2=O. The molecule has 7 nitrogen and oxygen atoms in total. The number of unbranched alkanes of at least 4 members (excludes halogenated alkanes) is 1. The van der Waals surface area contributed by atoms with Gasteiger partial charge in [0.1, 0.15) is 17.4 Å². The van der Waals surface area contributed by atoms with Gasteiger partial charge in [0, 0.05) is 6.61 Å². The van der Waals surface area contributed by atoms with Gasteiger partial charge in [-0.1, -0.05) is 24.9 Å². The van der Waals surface area contributed by atoms with E-state index in [0.717, 1.165) is 25.0 Å². The van der Waals surface area contributed by atoms with Crippen molar-refractivity contribution in [2.45, 2.75) is 19.8 Å². The molecule has 1 aliphatic rings. The third kappa shape index (κ3) is 4.55. The van der Waals surface area contributed by atoms with Gasteiger partial charge < -0.3 is 24.4 Å². The molecule has 142 valence electrons. The highest BCUT2D eigenvalue weighted by atomic mass is 35.5. The maximum absolute atomic E-state index is 11.9. The van der Waals surface area contributed by atoms with Gasteiger partial charge in [0.25, 0.3) is 0 Å². The fourth-order valence-electron chi connectivity index (χ4n) is 2.37. The van der Waals surface area contributed by atoms with Gasteiger partial charge in [0.2, 0.25) is 0 Å². The van der Waals surface area contributed by atoms with E-state index in [9.17, 15) is 19.8 Å². The smallest absolute Gasteiger partial charge is 0.190 e. The van der Waals surface area contributed by atoms with Crippen molar-refractivity contribution in [3.05, 3.63) is 28.3 Å². The number of carbonyl (C=O) groups excluding carboxylic acids is 2. The topological polar surface area (TPSA) is 102 Å². The van der Waals surface area contributed by atoms with E-state index >= 15 is 0 Å². The molecule has 0 saturated carbocycles. The van der Waals surface area contributed by atoms with Crippen LogP contribution >= 0.6 is 11.6 Å². The second kappa shape index (κ2) is 9.56. The molecule has 0 aromatic heterocycles. The number of ketones is 2. The summed E-state index contributed by atoms with van der Waals surface area (Å²) in [6.45, 7) is 3.84. The van der Waals surface area contributed by atoms with Gasteiger partial charge in [-0.05, 0) is 18.6 Å². The lowest BCUT2D eigenvalue weighted by atomic mass is 9.92. The molecule has 0 amide bonds. The van der Waals surface area contributed by atoms with Crippen LogP contribution in [0.2, 0.25) is 5.02 Å². The minimum atomic E-state index is -0.618. The largest absolute Gasteiger partial charge is 0.505 e. The number of phenols is 2. The maximum Gasteiger partial charge on any atom is 0.190 e. The van der Waals surface area contributed by atoms with E-state index in [1.807, 2.05) is 0 Å². The zero-order valence-electron chi connectivity index (χ0n) is 14.4. The highest BCUT2D eigenvalue weighted by molar-refractivity contribution is 6.36. The predicted molar refractivity (Wildman–Crippen MR) is 94.6 cm³/mol. The van der Waals surface area contributed by atoms with Crippen molar-refractivity contribution in [2.75, 3.05) is 33.0 Å². The summed E-state index contributed by atoms with van der Waals surface area (Å²) < 4.78 is 16.0. The number of hydrogen-bond acceptors (Lipinski definition) is 7. The lowest BCUT2D eigenvalue weighted by Gasteiger charge is -2.18. The van der Waals surface area contributed by atoms with Gasteiger partial charge in [-0.3, -0.25) is 9.59 Å². The lowest BCUT2D eigenvalue weighted by molar-refractivity contribution is 0.0352. The van der Waals surface area contributed by atoms with Crippen molar-refractivity contribution in [3.63, 3.8) is 0 Å². The fraction of sp³-hybridized carbons (Fsp3) is 0.444. The van der Waals surface area contributed by atoms with Crippen molar-refractivity contribution in [1.29, 1.82) is 0 Å². The molecule has 1 aromatic rings. The molecule has 2 rings (SSSR count). The normalized spacial score (nSPS) is 13.2. The molecule has 0 fully saturated rings. The Morgan fingerprint density at radius 1 is 0.885 bits per heavy atom. The second-order valence-electron chi connectivity index (χ2n) is 5.58. The molecule has 0 saturated heterocycles. The number of carbonyl (C=O) groups is 2. The molecule has 1 aromatic carbocycles. The first kappa shape index (κ1) is 20.2. The van der Waals surface area contributed by atoms with Gasteiger partial charge in [-0.25, -0.2) is 0 Å². The summed E-state index contributed by atoms with van der Waals surface area (Å²) in [6, 6.07) is 0. The van der Waals surface area contributed by atoms with Crippen molar-refractivity contribution in [2.24, 2.45) is 0 Å². The average Bonchev–Trinajstić information content (AvgIpc) is 2.62. The van der Waals surface area contributed by atoms with Gasteiger partial charge in [0.05, 0.1) is 30.9 Å². The van der Waals surface area contributed by atoms with Crippen molar-refractivity contribution in [3.8, 4) is 17.2 Å². The molecule has 0 aliphatic heterocycles. The monoisotopic (exact) mass is 384 g/mol. The van der Waals surface area contributed by atoms with E-state index in [0.29, 0.717) is 19.8 Å². The van der Waals surface area contributed by atoms with E-state index in [2.05, 4.69) is 6.92 Å². The van der Waals surface area contributed by atoms with Crippen LogP contribution in [0.5, 0.6) is 17.2 Å². The number of allylic oxidation sites excluding steroid dienone is 2. The summed E-state index contributed by atoms with van der Waals surface area (Å²) >= 11 is 5.98. The summed E-state index contributed by atoms with van der Waals surface area (Å²) in [7, 11) is 0. The molecule has 0 atom stereocenters. The predicted octanol–water partition coefficient (Wildman–Crippen LogP) is 2.90. The lowest BCUT2D eigenvalue weighted by Crippen LogP contribution is -2.15. The molecular weight excluding hydrogens is 364 g/mol. The Morgan fingerprint density at radius 3 is 2.04 bits per heavy atom. The Hall–Kier alpha value is -2.09. The molecular formula is C18H21ClO7. The molecule has 0 spiro atoms. The third-order valence-electron chi connectivity index (χ3n) is 3.71. The van der Waals surface area contributed by atoms with Crippen LogP contribution in [0.3, 0.4) is 0 Å². The molecule has 0 radical (unpaired) electrons. The zero-order valence-corrected chi connectivity index (χ0v) is 15.2. The minimum Gasteiger partial charge on any atom is -0.505 e. The van der Waals surface area contributed by atoms with Crippen molar-refractivity contribution in [1.82, 2.24) is 0 Å². The standard InChI is InChI=1S/C18H21ClO7/c1-2-3-6-24-7-8-25-9-10-26-18-15(19)16(22)13-11(20)4-5-12(21)14(13)17(18)23/h4-5,22-23H,2-3,6-10H2,1H3. The maximum atomic E-state index is 11.9. The quantitative estimate of drug-likeness (QED) is 0.472. The molecule has 2 N–H and O–H groups in total. The number of rotatable bonds is 10. The van der Waals surface area contributed by atoms with Crippen LogP contribution in [0, 0.1) is 0 Å². The zero-order chi connectivity index (χ0) is 19.1. The second-order valence-corrected chi connectivity index (χ2v) is 5.96. The molecule has 26 heavy (non-hydrogen) atoms. The summed E-state index contributed by atoms with van der Waals surface area (Å²) in [6.07, 6.45) is 4.09. The Kier molecular flexibility index (Phi) is 7.44. The van der Waals surface area contributed by atoms with Gasteiger partial charge in [-0.15, -0.1) is 0 Å². The van der Waals surface area contributed by atoms with E-state index < -0.39 is 23.1 Å². The van der Waals surface area contributed by atoms with E-state index in [1.54, 1.807) is 0 Å². The van der Waals surface area contributed by atoms with Crippen molar-refractivity contribution >= 4 is 23.2 Å². The Labute approximate surface area is 156 Å². The van der Waals surface area contributed by atoms with E-state index in [1.165, 1.54) is 0 Å². The van der Waals surface area contributed by atoms with Crippen LogP contribution in [0.1, 0.15) is 40.5 Å². The first-order valence-electron chi connectivity index (χ1n) is 8.31. The number of benzene rings is 1. The fourth-order valence-corrected chi connectivity index (χ4v) is 2.61. The number of aromatic hydroxyl groups is 2. The van der Waals surface area contributed by atoms with Crippen LogP contribution in [-0.4, -0.2) is 54.8 Å².